The van der Waals surface area contributed by atoms with Gasteiger partial charge in [0.25, 0.3) is 0 Å². The van der Waals surface area contributed by atoms with Crippen molar-refractivity contribution in [3.63, 3.8) is 0 Å². The number of nitrogen functional groups attached to an aromatic ring is 1. The molecule has 2 aromatic rings. The van der Waals surface area contributed by atoms with Crippen LogP contribution in [0.5, 0.6) is 11.5 Å². The highest BCUT2D eigenvalue weighted by atomic mass is 32.2. The van der Waals surface area contributed by atoms with E-state index >= 15 is 0 Å². The van der Waals surface area contributed by atoms with Crippen LogP contribution in [0.1, 0.15) is 43.4 Å². The Morgan fingerprint density at radius 1 is 1.16 bits per heavy atom. The van der Waals surface area contributed by atoms with E-state index in [2.05, 4.69) is 0 Å². The van der Waals surface area contributed by atoms with Gasteiger partial charge in [-0.15, -0.1) is 0 Å². The summed E-state index contributed by atoms with van der Waals surface area (Å²) >= 11 is 0. The number of hydrogen-bond acceptors (Lipinski definition) is 6. The second kappa shape index (κ2) is 10.8. The number of anilines is 1. The summed E-state index contributed by atoms with van der Waals surface area (Å²) < 4.78 is 39.4. The molecule has 0 saturated carbocycles. The molecule has 1 atom stereocenters. The molecule has 2 aromatic carbocycles. The summed E-state index contributed by atoms with van der Waals surface area (Å²) in [5.74, 6) is 1.87. The van der Waals surface area contributed by atoms with Gasteiger partial charge in [0.2, 0.25) is 10.0 Å². The Labute approximate surface area is 218 Å². The molecule has 4 N–H and O–H groups in total. The fourth-order valence-corrected chi connectivity index (χ4v) is 6.20. The molecule has 0 amide bonds. The third-order valence-electron chi connectivity index (χ3n) is 6.94. The number of nitrogens with two attached hydrogens (primary N) is 1. The van der Waals surface area contributed by atoms with E-state index in [4.69, 9.17) is 26.0 Å². The number of piperidine rings is 1. The number of fused-ring (bicyclic) bond motifs is 1. The molecule has 1 saturated heterocycles. The number of rotatable bonds is 8. The lowest BCUT2D eigenvalue weighted by molar-refractivity contribution is 0.130. The second-order valence-corrected chi connectivity index (χ2v) is 11.5. The first-order valence-corrected chi connectivity index (χ1v) is 14.1. The minimum atomic E-state index is -3.53. The van der Waals surface area contributed by atoms with E-state index in [0.29, 0.717) is 29.3 Å². The van der Waals surface area contributed by atoms with Gasteiger partial charge in [0, 0.05) is 37.1 Å². The third kappa shape index (κ3) is 5.74. The van der Waals surface area contributed by atoms with Crippen molar-refractivity contribution in [2.24, 2.45) is 5.73 Å². The van der Waals surface area contributed by atoms with Crippen LogP contribution in [0, 0.1) is 10.8 Å². The van der Waals surface area contributed by atoms with Gasteiger partial charge in [0.15, 0.2) is 0 Å². The molecular formula is C27H35N5O4S. The van der Waals surface area contributed by atoms with Gasteiger partial charge in [-0.2, -0.15) is 0 Å². The first-order chi connectivity index (χ1) is 17.6. The van der Waals surface area contributed by atoms with E-state index in [-0.39, 0.29) is 17.7 Å². The Kier molecular flexibility index (Phi) is 7.77. The second-order valence-electron chi connectivity index (χ2n) is 9.38. The molecule has 0 aliphatic carbocycles. The minimum Gasteiger partial charge on any atom is -0.496 e. The molecule has 4 rings (SSSR count). The minimum absolute atomic E-state index is 0.0107. The van der Waals surface area contributed by atoms with Crippen molar-refractivity contribution >= 4 is 33.5 Å². The van der Waals surface area contributed by atoms with Crippen LogP contribution in [-0.4, -0.2) is 63.1 Å². The molecule has 10 heteroatoms. The van der Waals surface area contributed by atoms with E-state index in [9.17, 15) is 8.42 Å². The highest BCUT2D eigenvalue weighted by molar-refractivity contribution is 7.92. The maximum absolute atomic E-state index is 13.1. The van der Waals surface area contributed by atoms with Gasteiger partial charge in [-0.1, -0.05) is 12.2 Å². The van der Waals surface area contributed by atoms with Crippen molar-refractivity contribution in [3.8, 4) is 11.5 Å². The van der Waals surface area contributed by atoms with E-state index in [1.807, 2.05) is 35.3 Å². The maximum atomic E-state index is 13.1. The van der Waals surface area contributed by atoms with Gasteiger partial charge < -0.3 is 20.1 Å². The number of nitrogens with one attached hydrogen (secondary N) is 2. The average molecular weight is 526 g/mol. The van der Waals surface area contributed by atoms with Crippen LogP contribution >= 0.6 is 0 Å². The lowest BCUT2D eigenvalue weighted by Gasteiger charge is -2.32. The van der Waals surface area contributed by atoms with Crippen LogP contribution in [0.2, 0.25) is 0 Å². The summed E-state index contributed by atoms with van der Waals surface area (Å²) in [7, 11) is -1.96. The predicted octanol–water partition coefficient (Wildman–Crippen LogP) is 3.61. The molecule has 2 aliphatic heterocycles. The summed E-state index contributed by atoms with van der Waals surface area (Å²) in [6, 6.07) is 10.4. The zero-order valence-electron chi connectivity index (χ0n) is 21.5. The first-order valence-electron chi connectivity index (χ1n) is 12.5. The topological polar surface area (TPSA) is 133 Å². The van der Waals surface area contributed by atoms with Gasteiger partial charge in [0.05, 0.1) is 30.4 Å². The molecule has 1 fully saturated rings. The van der Waals surface area contributed by atoms with Crippen LogP contribution in [0.15, 0.2) is 42.5 Å². The maximum Gasteiger partial charge on any atom is 0.235 e. The van der Waals surface area contributed by atoms with Crippen LogP contribution in [0.4, 0.5) is 5.69 Å². The Bertz CT molecular complexity index is 1320. The molecule has 37 heavy (non-hydrogen) atoms. The molecule has 198 valence electrons. The van der Waals surface area contributed by atoms with Gasteiger partial charge in [-0.05, 0) is 62.2 Å². The summed E-state index contributed by atoms with van der Waals surface area (Å²) in [5, 5.41) is 15.5. The number of nitrogens with zero attached hydrogens (tertiary/aromatic N) is 2. The van der Waals surface area contributed by atoms with E-state index in [1.165, 1.54) is 4.31 Å². The first kappa shape index (κ1) is 26.5. The number of hydrogen-bond donors (Lipinski definition) is 3. The molecular weight excluding hydrogens is 490 g/mol. The molecule has 0 spiro atoms. The molecule has 2 heterocycles. The smallest absolute Gasteiger partial charge is 0.235 e. The van der Waals surface area contributed by atoms with Crippen molar-refractivity contribution in [2.75, 3.05) is 30.3 Å². The molecule has 0 bridgehead atoms. The number of sulfonamides is 1. The van der Waals surface area contributed by atoms with Gasteiger partial charge >= 0.3 is 0 Å². The summed E-state index contributed by atoms with van der Waals surface area (Å²) in [6.45, 7) is 5.05. The van der Waals surface area contributed by atoms with Gasteiger partial charge in [-0.3, -0.25) is 15.1 Å². The molecule has 0 radical (unpaired) electrons. The standard InChI is InChI=1S/C27H35N5O4S/c1-4-37(33,34)32-22(7-5-19-15-20(27(29)30)6-10-26(19)35-3)16-21-17-24(8-9-25(21)32)36-23-11-13-31(14-12-23)18(2)28/h5-10,15,17,22-23,28H,4,11-14,16H2,1-3H3,(H3,29,30)/b7-5+,28-18?. The monoisotopic (exact) mass is 525 g/mol. The summed E-state index contributed by atoms with van der Waals surface area (Å²) in [6.07, 6.45) is 5.97. The lowest BCUT2D eigenvalue weighted by atomic mass is 10.1. The highest BCUT2D eigenvalue weighted by Gasteiger charge is 2.35. The fraction of sp³-hybridized carbons (Fsp3) is 0.407. The largest absolute Gasteiger partial charge is 0.496 e. The van der Waals surface area contributed by atoms with Crippen molar-refractivity contribution in [1.82, 2.24) is 4.90 Å². The van der Waals surface area contributed by atoms with Crippen molar-refractivity contribution in [3.05, 3.63) is 59.2 Å². The molecule has 2 aliphatic rings. The highest BCUT2D eigenvalue weighted by Crippen LogP contribution is 2.38. The van der Waals surface area contributed by atoms with E-state index in [1.54, 1.807) is 39.2 Å². The van der Waals surface area contributed by atoms with Crippen LogP contribution in [-0.2, 0) is 16.4 Å². The Hall–Kier alpha value is -3.53. The lowest BCUT2D eigenvalue weighted by Crippen LogP contribution is -2.40. The van der Waals surface area contributed by atoms with Crippen molar-refractivity contribution in [1.29, 1.82) is 10.8 Å². The summed E-state index contributed by atoms with van der Waals surface area (Å²) in [4.78, 5) is 2.05. The SMILES string of the molecule is CCS(=O)(=O)N1c2ccc(OC3CCN(C(C)=N)CC3)cc2CC1/C=C/c1cc(C(=N)N)ccc1OC. The number of benzene rings is 2. The van der Waals surface area contributed by atoms with E-state index in [0.717, 1.165) is 42.8 Å². The zero-order valence-corrected chi connectivity index (χ0v) is 22.3. The van der Waals surface area contributed by atoms with E-state index < -0.39 is 16.1 Å². The van der Waals surface area contributed by atoms with Crippen LogP contribution in [0.3, 0.4) is 0 Å². The normalized spacial score (nSPS) is 18.2. The Morgan fingerprint density at radius 2 is 1.89 bits per heavy atom. The molecule has 9 nitrogen and oxygen atoms in total. The quantitative estimate of drug-likeness (QED) is 0.356. The molecule has 1 unspecified atom stereocenters. The van der Waals surface area contributed by atoms with Gasteiger partial charge in [0.1, 0.15) is 23.4 Å². The predicted molar refractivity (Wildman–Crippen MR) is 148 cm³/mol. The number of methoxy groups -OCH3 is 1. The average Bonchev–Trinajstić information content (AvgIpc) is 3.26. The third-order valence-corrected chi connectivity index (χ3v) is 8.74. The molecule has 0 aromatic heterocycles. The zero-order chi connectivity index (χ0) is 26.7. The van der Waals surface area contributed by atoms with Crippen molar-refractivity contribution in [2.45, 2.75) is 45.3 Å². The number of likely N-dealkylation sites (tertiary alicyclic amines) is 1. The Balaban J connectivity index is 1.58. The van der Waals surface area contributed by atoms with Crippen molar-refractivity contribution < 1.29 is 17.9 Å². The Morgan fingerprint density at radius 3 is 2.51 bits per heavy atom. The van der Waals surface area contributed by atoms with Crippen LogP contribution in [0.25, 0.3) is 6.08 Å². The van der Waals surface area contributed by atoms with Crippen LogP contribution < -0.4 is 19.5 Å². The van der Waals surface area contributed by atoms with Gasteiger partial charge in [-0.25, -0.2) is 8.42 Å². The summed E-state index contributed by atoms with van der Waals surface area (Å²) in [5.41, 5.74) is 8.53. The number of ether oxygens (including phenoxy) is 2. The fourth-order valence-electron chi connectivity index (χ4n) is 4.89. The number of amidine groups is 2.